The van der Waals surface area contributed by atoms with Crippen LogP contribution >= 0.6 is 18.0 Å². The topological polar surface area (TPSA) is 43.6 Å². The van der Waals surface area contributed by atoms with Gasteiger partial charge in [0.25, 0.3) is 0 Å². The average Bonchev–Trinajstić information content (AvgIpc) is 3.76. The van der Waals surface area contributed by atoms with Crippen molar-refractivity contribution in [2.45, 2.75) is 0 Å². The van der Waals surface area contributed by atoms with E-state index in [0.717, 1.165) is 33.4 Å². The molecule has 270 valence electrons. The molecule has 0 fully saturated rings. The molecule has 1 aliphatic heterocycles. The molecule has 8 aromatic carbocycles. The van der Waals surface area contributed by atoms with Gasteiger partial charge in [-0.3, -0.25) is 0 Å². The molecule has 0 spiro atoms. The van der Waals surface area contributed by atoms with Crippen LogP contribution in [0.25, 0.3) is 83.9 Å². The van der Waals surface area contributed by atoms with E-state index < -0.39 is 18.0 Å². The quantitative estimate of drug-likeness (QED) is 0.157. The van der Waals surface area contributed by atoms with E-state index >= 15 is 0 Å². The van der Waals surface area contributed by atoms with Crippen molar-refractivity contribution in [2.24, 2.45) is 0 Å². The first-order chi connectivity index (χ1) is 28.1. The van der Waals surface area contributed by atoms with Crippen LogP contribution in [0.4, 0.5) is 0 Å². The zero-order chi connectivity index (χ0) is 37.9. The van der Waals surface area contributed by atoms with E-state index in [4.69, 9.17) is 19.5 Å². The van der Waals surface area contributed by atoms with Crippen LogP contribution < -0.4 is 0 Å². The Hall–Kier alpha value is -6.83. The van der Waals surface area contributed by atoms with Gasteiger partial charge in [0.05, 0.1) is 0 Å². The summed E-state index contributed by atoms with van der Waals surface area (Å²) in [5.74, 6) is 1.93. The van der Waals surface area contributed by atoms with Gasteiger partial charge in [0.15, 0.2) is 17.5 Å². The molecule has 0 bridgehead atoms. The van der Waals surface area contributed by atoms with Gasteiger partial charge in [-0.15, -0.1) is 0 Å². The Morgan fingerprint density at radius 3 is 1.65 bits per heavy atom. The molecule has 0 saturated heterocycles. The second-order valence-electron chi connectivity index (χ2n) is 14.3. The van der Waals surface area contributed by atoms with Crippen molar-refractivity contribution in [3.05, 3.63) is 211 Å². The Balaban J connectivity index is 1.04. The van der Waals surface area contributed by atoms with Crippen molar-refractivity contribution in [2.75, 3.05) is 0 Å². The molecule has 0 saturated carbocycles. The summed E-state index contributed by atoms with van der Waals surface area (Å²) >= 11 is -2.94. The molecule has 1 unspecified atom stereocenters. The molecule has 0 N–H and O–H groups in total. The number of rotatable bonds is 6. The van der Waals surface area contributed by atoms with Crippen molar-refractivity contribution >= 4 is 44.3 Å². The number of aromatic nitrogens is 4. The summed E-state index contributed by atoms with van der Waals surface area (Å²) < 4.78 is 11.6. The SMILES string of the molecule is C=I1(c2ccccc2)c2ccccc2-c2cc(-c3ccc4c(c3)c3ccccc3n4-c3cccc(-c4nc(-c5ccccc5)nc(-c5ccccc5)n4)c3)ccc21. The molecular weight excluding hydrogens is 808 g/mol. The number of para-hydroxylation sites is 1. The van der Waals surface area contributed by atoms with Gasteiger partial charge in [-0.25, -0.2) is 15.0 Å². The standard InChI is InChI=1S/C52H35IN4/c1-53(40-21-9-4-10-22-40)46-26-13-11-24-42(46)44-33-37(28-30-47(44)53)38-29-31-49-45(34-38)43-25-12-14-27-48(43)57(49)41-23-15-20-39(32-41)52-55-50(35-16-5-2-6-17-35)54-51(56-52)36-18-7-3-8-19-36/h2-34H,1H2. The third-order valence-electron chi connectivity index (χ3n) is 11.0. The minimum atomic E-state index is -2.94. The zero-order valence-electron chi connectivity index (χ0n) is 30.9. The summed E-state index contributed by atoms with van der Waals surface area (Å²) in [5, 5.41) is 2.42. The Morgan fingerprint density at radius 1 is 0.368 bits per heavy atom. The van der Waals surface area contributed by atoms with Gasteiger partial charge in [0, 0.05) is 11.1 Å². The normalized spacial score (nSPS) is 15.6. The van der Waals surface area contributed by atoms with Gasteiger partial charge in [-0.05, 0) is 0 Å². The summed E-state index contributed by atoms with van der Waals surface area (Å²) in [6.45, 7) is 0. The number of nitrogens with zero attached hydrogens (tertiary/aromatic N) is 4. The molecule has 11 rings (SSSR count). The van der Waals surface area contributed by atoms with Crippen LogP contribution in [0, 0.1) is 10.7 Å². The summed E-state index contributed by atoms with van der Waals surface area (Å²) in [7, 11) is 0. The second kappa shape index (κ2) is 13.4. The van der Waals surface area contributed by atoms with Gasteiger partial charge in [0.1, 0.15) is 0 Å². The van der Waals surface area contributed by atoms with E-state index in [9.17, 15) is 0 Å². The fourth-order valence-corrected chi connectivity index (χ4v) is 16.4. The number of hydrogen-bond acceptors (Lipinski definition) is 3. The average molecular weight is 843 g/mol. The van der Waals surface area contributed by atoms with Gasteiger partial charge >= 0.3 is 227 Å². The van der Waals surface area contributed by atoms with Crippen LogP contribution in [-0.2, 0) is 0 Å². The number of benzene rings is 8. The molecule has 5 heteroatoms. The van der Waals surface area contributed by atoms with E-state index in [2.05, 4.69) is 144 Å². The van der Waals surface area contributed by atoms with Crippen molar-refractivity contribution in [3.63, 3.8) is 0 Å². The molecule has 0 radical (unpaired) electrons. The third-order valence-corrected chi connectivity index (χ3v) is 19.7. The van der Waals surface area contributed by atoms with Gasteiger partial charge in [-0.1, -0.05) is 66.7 Å². The Bertz CT molecular complexity index is 3150. The number of fused-ring (bicyclic) bond motifs is 6. The molecule has 1 aliphatic rings. The van der Waals surface area contributed by atoms with Crippen molar-refractivity contribution in [3.8, 4) is 62.1 Å². The number of hydrogen-bond donors (Lipinski definition) is 0. The summed E-state index contributed by atoms with van der Waals surface area (Å²) in [6.07, 6.45) is 0. The third kappa shape index (κ3) is 5.49. The first-order valence-corrected chi connectivity index (χ1v) is 23.8. The Kier molecular flexibility index (Phi) is 7.89. The van der Waals surface area contributed by atoms with E-state index in [1.165, 1.54) is 43.7 Å². The first kappa shape index (κ1) is 33.5. The predicted molar refractivity (Wildman–Crippen MR) is 245 cm³/mol. The maximum atomic E-state index is 5.06. The van der Waals surface area contributed by atoms with Crippen LogP contribution in [0.15, 0.2) is 200 Å². The monoisotopic (exact) mass is 842 g/mol. The Morgan fingerprint density at radius 2 is 0.912 bits per heavy atom. The Labute approximate surface area is 334 Å². The molecule has 2 aromatic heterocycles. The fraction of sp³-hybridized carbons (Fsp3) is 0. The molecule has 0 amide bonds. The van der Waals surface area contributed by atoms with Crippen LogP contribution in [0.5, 0.6) is 0 Å². The van der Waals surface area contributed by atoms with Gasteiger partial charge in [0.2, 0.25) is 0 Å². The van der Waals surface area contributed by atoms with Gasteiger partial charge in [-0.2, -0.15) is 0 Å². The molecular formula is C52H35IN4. The molecule has 57 heavy (non-hydrogen) atoms. The van der Waals surface area contributed by atoms with Crippen LogP contribution in [0.2, 0.25) is 0 Å². The van der Waals surface area contributed by atoms with Crippen molar-refractivity contribution < 1.29 is 0 Å². The minimum absolute atomic E-state index is 0.633. The summed E-state index contributed by atoms with van der Waals surface area (Å²) in [5.41, 5.74) is 11.2. The molecule has 3 heterocycles. The summed E-state index contributed by atoms with van der Waals surface area (Å²) in [4.78, 5) is 15.0. The van der Waals surface area contributed by atoms with Crippen LogP contribution in [0.3, 0.4) is 0 Å². The molecule has 10 aromatic rings. The fourth-order valence-electron chi connectivity index (χ4n) is 8.28. The maximum absolute atomic E-state index is 5.06. The van der Waals surface area contributed by atoms with E-state index in [1.54, 1.807) is 0 Å². The number of halogens is 1. The second-order valence-corrected chi connectivity index (χ2v) is 21.8. The molecule has 1 atom stereocenters. The van der Waals surface area contributed by atoms with Crippen molar-refractivity contribution in [1.82, 2.24) is 19.5 Å². The van der Waals surface area contributed by atoms with E-state index in [0.29, 0.717) is 17.5 Å². The molecule has 4 nitrogen and oxygen atoms in total. The first-order valence-electron chi connectivity index (χ1n) is 19.0. The van der Waals surface area contributed by atoms with E-state index in [1.807, 2.05) is 60.7 Å². The van der Waals surface area contributed by atoms with Crippen molar-refractivity contribution in [1.29, 1.82) is 0 Å². The summed E-state index contributed by atoms with van der Waals surface area (Å²) in [6, 6.07) is 71.3. The molecule has 0 aliphatic carbocycles. The van der Waals surface area contributed by atoms with Crippen LogP contribution in [-0.4, -0.2) is 24.0 Å². The van der Waals surface area contributed by atoms with Crippen LogP contribution in [0.1, 0.15) is 0 Å². The predicted octanol–water partition coefficient (Wildman–Crippen LogP) is 13.0. The van der Waals surface area contributed by atoms with E-state index in [-0.39, 0.29) is 0 Å². The van der Waals surface area contributed by atoms with Gasteiger partial charge < -0.3 is 0 Å². The zero-order valence-corrected chi connectivity index (χ0v) is 33.1.